The normalized spacial score (nSPS) is 16.2. The number of hydrogen-bond acceptors (Lipinski definition) is 2. The number of carbonyl (C=O) groups excluding carboxylic acids is 1. The van der Waals surface area contributed by atoms with E-state index in [0.717, 1.165) is 21.3 Å². The van der Waals surface area contributed by atoms with E-state index in [1.807, 2.05) is 55.6 Å². The molecule has 1 aliphatic rings. The second-order valence-corrected chi connectivity index (χ2v) is 6.15. The van der Waals surface area contributed by atoms with E-state index < -0.39 is 6.10 Å². The third-order valence-electron chi connectivity index (χ3n) is 3.63. The van der Waals surface area contributed by atoms with E-state index in [9.17, 15) is 4.79 Å². The summed E-state index contributed by atoms with van der Waals surface area (Å²) in [4.78, 5) is 14.2. The van der Waals surface area contributed by atoms with Gasteiger partial charge in [-0.3, -0.25) is 4.79 Å². The molecule has 1 atom stereocenters. The summed E-state index contributed by atoms with van der Waals surface area (Å²) >= 11 is 3.41. The molecule has 3 nitrogen and oxygen atoms in total. The lowest BCUT2D eigenvalue weighted by Gasteiger charge is -2.21. The molecule has 0 saturated heterocycles. The van der Waals surface area contributed by atoms with Crippen molar-refractivity contribution in [3.05, 3.63) is 64.1 Å². The zero-order valence-corrected chi connectivity index (χ0v) is 13.3. The summed E-state index contributed by atoms with van der Waals surface area (Å²) in [6.45, 7) is 0.586. The third kappa shape index (κ3) is 3.10. The number of carbonyl (C=O) groups is 1. The number of fused-ring (bicyclic) bond motifs is 1. The maximum absolute atomic E-state index is 12.5. The van der Waals surface area contributed by atoms with Crippen LogP contribution in [0.4, 0.5) is 0 Å². The lowest BCUT2D eigenvalue weighted by atomic mass is 10.1. The minimum absolute atomic E-state index is 0.0223. The average Bonchev–Trinajstić information content (AvgIpc) is 2.92. The molecule has 3 rings (SSSR count). The summed E-state index contributed by atoms with van der Waals surface area (Å²) in [5.41, 5.74) is 2.21. The van der Waals surface area contributed by atoms with E-state index in [1.54, 1.807) is 4.90 Å². The molecule has 1 heterocycles. The van der Waals surface area contributed by atoms with Gasteiger partial charge in [-0.15, -0.1) is 0 Å². The van der Waals surface area contributed by atoms with E-state index in [4.69, 9.17) is 4.74 Å². The number of likely N-dealkylation sites (N-methyl/N-ethyl adjacent to an activating group) is 1. The number of halogens is 1. The number of nitrogens with zero attached hydrogens (tertiary/aromatic N) is 1. The Kier molecular flexibility index (Phi) is 3.97. The van der Waals surface area contributed by atoms with Crippen LogP contribution >= 0.6 is 15.9 Å². The third-order valence-corrected chi connectivity index (χ3v) is 4.16. The van der Waals surface area contributed by atoms with Crippen LogP contribution in [0.3, 0.4) is 0 Å². The van der Waals surface area contributed by atoms with Gasteiger partial charge in [0.2, 0.25) is 0 Å². The molecule has 0 aromatic heterocycles. The standard InChI is InChI=1S/C17H16BrNO2/c1-19(11-12-6-8-14(18)9-7-12)17(20)16-10-13-4-2-3-5-15(13)21-16/h2-9,16H,10-11H2,1H3/t16-/m0/s1. The zero-order valence-electron chi connectivity index (χ0n) is 11.8. The average molecular weight is 346 g/mol. The Labute approximate surface area is 132 Å². The Morgan fingerprint density at radius 2 is 1.95 bits per heavy atom. The smallest absolute Gasteiger partial charge is 0.264 e. The van der Waals surface area contributed by atoms with E-state index >= 15 is 0 Å². The summed E-state index contributed by atoms with van der Waals surface area (Å²) in [5.74, 6) is 0.849. The van der Waals surface area contributed by atoms with Crippen LogP contribution in [-0.4, -0.2) is 24.0 Å². The molecule has 0 fully saturated rings. The quantitative estimate of drug-likeness (QED) is 0.852. The molecule has 2 aromatic carbocycles. The van der Waals surface area contributed by atoms with Crippen LogP contribution in [0.25, 0.3) is 0 Å². The van der Waals surface area contributed by atoms with E-state index in [2.05, 4.69) is 15.9 Å². The number of para-hydroxylation sites is 1. The minimum Gasteiger partial charge on any atom is -0.480 e. The molecule has 0 saturated carbocycles. The minimum atomic E-state index is -0.400. The molecule has 2 aromatic rings. The van der Waals surface area contributed by atoms with Crippen molar-refractivity contribution in [3.63, 3.8) is 0 Å². The highest BCUT2D eigenvalue weighted by atomic mass is 79.9. The molecule has 108 valence electrons. The monoisotopic (exact) mass is 345 g/mol. The molecule has 4 heteroatoms. The molecule has 1 aliphatic heterocycles. The van der Waals surface area contributed by atoms with Crippen LogP contribution in [-0.2, 0) is 17.8 Å². The predicted molar refractivity (Wildman–Crippen MR) is 85.2 cm³/mol. The Hall–Kier alpha value is -1.81. The Bertz CT molecular complexity index is 629. The zero-order chi connectivity index (χ0) is 14.8. The van der Waals surface area contributed by atoms with Gasteiger partial charge in [0.1, 0.15) is 5.75 Å². The summed E-state index contributed by atoms with van der Waals surface area (Å²) in [6.07, 6.45) is 0.252. The van der Waals surface area contributed by atoms with Gasteiger partial charge >= 0.3 is 0 Å². The van der Waals surface area contributed by atoms with Crippen LogP contribution in [0, 0.1) is 0 Å². The number of amides is 1. The SMILES string of the molecule is CN(Cc1ccc(Br)cc1)C(=O)[C@@H]1Cc2ccccc2O1. The van der Waals surface area contributed by atoms with Gasteiger partial charge in [0.15, 0.2) is 6.10 Å². The molecule has 0 spiro atoms. The molecular formula is C17H16BrNO2. The number of hydrogen-bond donors (Lipinski definition) is 0. The van der Waals surface area contributed by atoms with E-state index in [-0.39, 0.29) is 5.91 Å². The number of rotatable bonds is 3. The number of benzene rings is 2. The number of ether oxygens (including phenoxy) is 1. The molecule has 0 radical (unpaired) electrons. The van der Waals surface area contributed by atoms with Crippen molar-refractivity contribution in [2.24, 2.45) is 0 Å². The fourth-order valence-electron chi connectivity index (χ4n) is 2.51. The Morgan fingerprint density at radius 1 is 1.24 bits per heavy atom. The molecule has 0 bridgehead atoms. The van der Waals surface area contributed by atoms with Crippen molar-refractivity contribution in [2.45, 2.75) is 19.1 Å². The van der Waals surface area contributed by atoms with Gasteiger partial charge in [0.05, 0.1) is 0 Å². The summed E-state index contributed by atoms with van der Waals surface area (Å²) in [5, 5.41) is 0. The van der Waals surface area contributed by atoms with Gasteiger partial charge < -0.3 is 9.64 Å². The fraction of sp³-hybridized carbons (Fsp3) is 0.235. The van der Waals surface area contributed by atoms with Crippen molar-refractivity contribution < 1.29 is 9.53 Å². The van der Waals surface area contributed by atoms with Crippen molar-refractivity contribution in [3.8, 4) is 5.75 Å². The van der Waals surface area contributed by atoms with Gasteiger partial charge in [-0.25, -0.2) is 0 Å². The van der Waals surface area contributed by atoms with Crippen molar-refractivity contribution in [2.75, 3.05) is 7.05 Å². The Morgan fingerprint density at radius 3 is 2.67 bits per heavy atom. The van der Waals surface area contributed by atoms with Gasteiger partial charge in [-0.05, 0) is 29.3 Å². The second-order valence-electron chi connectivity index (χ2n) is 5.24. The lowest BCUT2D eigenvalue weighted by Crippen LogP contribution is -2.38. The van der Waals surface area contributed by atoms with Crippen LogP contribution in [0.15, 0.2) is 53.0 Å². The highest BCUT2D eigenvalue weighted by Crippen LogP contribution is 2.29. The van der Waals surface area contributed by atoms with Crippen LogP contribution in [0.5, 0.6) is 5.75 Å². The highest BCUT2D eigenvalue weighted by molar-refractivity contribution is 9.10. The maximum Gasteiger partial charge on any atom is 0.264 e. The molecular weight excluding hydrogens is 330 g/mol. The van der Waals surface area contributed by atoms with Crippen LogP contribution in [0.1, 0.15) is 11.1 Å². The van der Waals surface area contributed by atoms with E-state index in [1.165, 1.54) is 0 Å². The summed E-state index contributed by atoms with van der Waals surface area (Å²) in [6, 6.07) is 15.8. The summed E-state index contributed by atoms with van der Waals surface area (Å²) < 4.78 is 6.78. The first-order valence-corrected chi connectivity index (χ1v) is 7.67. The van der Waals surface area contributed by atoms with Crippen molar-refractivity contribution >= 4 is 21.8 Å². The summed E-state index contributed by atoms with van der Waals surface area (Å²) in [7, 11) is 1.82. The first-order valence-electron chi connectivity index (χ1n) is 6.87. The highest BCUT2D eigenvalue weighted by Gasteiger charge is 2.30. The fourth-order valence-corrected chi connectivity index (χ4v) is 2.77. The lowest BCUT2D eigenvalue weighted by molar-refractivity contribution is -0.137. The largest absolute Gasteiger partial charge is 0.480 e. The molecule has 1 amide bonds. The molecule has 21 heavy (non-hydrogen) atoms. The van der Waals surface area contributed by atoms with Crippen molar-refractivity contribution in [1.82, 2.24) is 4.90 Å². The maximum atomic E-state index is 12.5. The Balaban J connectivity index is 1.65. The molecule has 0 aliphatic carbocycles. The first-order chi connectivity index (χ1) is 10.1. The molecule has 0 N–H and O–H groups in total. The predicted octanol–water partition coefficient (Wildman–Crippen LogP) is 3.41. The second kappa shape index (κ2) is 5.90. The first kappa shape index (κ1) is 14.1. The van der Waals surface area contributed by atoms with E-state index in [0.29, 0.717) is 13.0 Å². The van der Waals surface area contributed by atoms with Crippen LogP contribution < -0.4 is 4.74 Å². The van der Waals surface area contributed by atoms with Gasteiger partial charge in [-0.1, -0.05) is 46.3 Å². The van der Waals surface area contributed by atoms with Crippen molar-refractivity contribution in [1.29, 1.82) is 0 Å². The van der Waals surface area contributed by atoms with Gasteiger partial charge in [-0.2, -0.15) is 0 Å². The molecule has 0 unspecified atom stereocenters. The topological polar surface area (TPSA) is 29.5 Å². The van der Waals surface area contributed by atoms with Crippen LogP contribution in [0.2, 0.25) is 0 Å². The van der Waals surface area contributed by atoms with Gasteiger partial charge in [0, 0.05) is 24.5 Å². The van der Waals surface area contributed by atoms with Gasteiger partial charge in [0.25, 0.3) is 5.91 Å².